The van der Waals surface area contributed by atoms with Gasteiger partial charge >= 0.3 is 5.97 Å². The lowest BCUT2D eigenvalue weighted by atomic mass is 10.2. The van der Waals surface area contributed by atoms with Gasteiger partial charge in [0.15, 0.2) is 0 Å². The van der Waals surface area contributed by atoms with Crippen LogP contribution in [0.25, 0.3) is 0 Å². The standard InChI is InChI=1S/C10H12ClNO2/c1-7(2)6-14-10(13)9-5-8(11)3-4-12-9/h3-5,7H,6H2,1-2H3. The van der Waals surface area contributed by atoms with Crippen molar-refractivity contribution in [2.24, 2.45) is 5.92 Å². The number of hydrogen-bond acceptors (Lipinski definition) is 3. The molecule has 0 amide bonds. The zero-order valence-corrected chi connectivity index (χ0v) is 8.91. The summed E-state index contributed by atoms with van der Waals surface area (Å²) in [5, 5.41) is 0.483. The molecular weight excluding hydrogens is 202 g/mol. The molecule has 4 heteroatoms. The number of ether oxygens (including phenoxy) is 1. The van der Waals surface area contributed by atoms with Crippen LogP contribution in [0.1, 0.15) is 24.3 Å². The van der Waals surface area contributed by atoms with Crippen LogP contribution in [0.5, 0.6) is 0 Å². The lowest BCUT2D eigenvalue weighted by Crippen LogP contribution is -2.11. The Kier molecular flexibility index (Phi) is 3.89. The molecule has 0 unspecified atom stereocenters. The number of esters is 1. The summed E-state index contributed by atoms with van der Waals surface area (Å²) in [5.41, 5.74) is 0.248. The highest BCUT2D eigenvalue weighted by molar-refractivity contribution is 6.30. The van der Waals surface area contributed by atoms with Crippen molar-refractivity contribution in [2.75, 3.05) is 6.61 Å². The molecule has 0 atom stereocenters. The minimum atomic E-state index is -0.429. The van der Waals surface area contributed by atoms with Gasteiger partial charge in [0.2, 0.25) is 0 Å². The fourth-order valence-electron chi connectivity index (χ4n) is 0.833. The summed E-state index contributed by atoms with van der Waals surface area (Å²) in [6.45, 7) is 4.34. The number of carbonyl (C=O) groups excluding carboxylic acids is 1. The van der Waals surface area contributed by atoms with Gasteiger partial charge in [-0.25, -0.2) is 9.78 Å². The second kappa shape index (κ2) is 4.96. The molecule has 76 valence electrons. The molecule has 0 bridgehead atoms. The van der Waals surface area contributed by atoms with E-state index in [1.54, 1.807) is 6.07 Å². The van der Waals surface area contributed by atoms with Crippen LogP contribution in [0.3, 0.4) is 0 Å². The summed E-state index contributed by atoms with van der Waals surface area (Å²) in [7, 11) is 0. The van der Waals surface area contributed by atoms with Crippen molar-refractivity contribution in [3.8, 4) is 0 Å². The van der Waals surface area contributed by atoms with Gasteiger partial charge in [-0.3, -0.25) is 0 Å². The van der Waals surface area contributed by atoms with Gasteiger partial charge in [-0.15, -0.1) is 0 Å². The van der Waals surface area contributed by atoms with E-state index in [-0.39, 0.29) is 5.69 Å². The molecule has 1 aromatic rings. The molecule has 0 aliphatic carbocycles. The molecule has 1 rings (SSSR count). The van der Waals surface area contributed by atoms with Crippen LogP contribution in [-0.2, 0) is 4.74 Å². The lowest BCUT2D eigenvalue weighted by Gasteiger charge is -2.06. The van der Waals surface area contributed by atoms with E-state index in [4.69, 9.17) is 16.3 Å². The molecule has 0 aliphatic heterocycles. The first-order valence-electron chi connectivity index (χ1n) is 4.38. The maximum absolute atomic E-state index is 11.4. The molecule has 0 spiro atoms. The van der Waals surface area contributed by atoms with Gasteiger partial charge in [-0.05, 0) is 18.1 Å². The van der Waals surface area contributed by atoms with E-state index in [9.17, 15) is 4.79 Å². The lowest BCUT2D eigenvalue weighted by molar-refractivity contribution is 0.0452. The van der Waals surface area contributed by atoms with Gasteiger partial charge in [0.25, 0.3) is 0 Å². The Hall–Kier alpha value is -1.09. The van der Waals surface area contributed by atoms with Gasteiger partial charge in [-0.1, -0.05) is 25.4 Å². The van der Waals surface area contributed by atoms with Crippen LogP contribution in [0.4, 0.5) is 0 Å². The molecule has 1 heterocycles. The van der Waals surface area contributed by atoms with Gasteiger partial charge in [0, 0.05) is 11.2 Å². The second-order valence-electron chi connectivity index (χ2n) is 3.35. The normalized spacial score (nSPS) is 10.3. The molecule has 3 nitrogen and oxygen atoms in total. The van der Waals surface area contributed by atoms with Crippen LogP contribution in [-0.4, -0.2) is 17.6 Å². The minimum Gasteiger partial charge on any atom is -0.461 e. The smallest absolute Gasteiger partial charge is 0.356 e. The number of hydrogen-bond donors (Lipinski definition) is 0. The SMILES string of the molecule is CC(C)COC(=O)c1cc(Cl)ccn1. The zero-order chi connectivity index (χ0) is 10.6. The fraction of sp³-hybridized carbons (Fsp3) is 0.400. The Bertz CT molecular complexity index is 326. The number of rotatable bonds is 3. The highest BCUT2D eigenvalue weighted by Gasteiger charge is 2.09. The van der Waals surface area contributed by atoms with Crippen LogP contribution >= 0.6 is 11.6 Å². The first-order valence-corrected chi connectivity index (χ1v) is 4.76. The van der Waals surface area contributed by atoms with E-state index in [1.807, 2.05) is 13.8 Å². The average molecular weight is 214 g/mol. The Morgan fingerprint density at radius 2 is 2.36 bits per heavy atom. The monoisotopic (exact) mass is 213 g/mol. The third-order valence-corrected chi connectivity index (χ3v) is 1.71. The average Bonchev–Trinajstić information content (AvgIpc) is 2.14. The van der Waals surface area contributed by atoms with E-state index < -0.39 is 5.97 Å². The first-order chi connectivity index (χ1) is 6.59. The van der Waals surface area contributed by atoms with E-state index in [0.29, 0.717) is 17.5 Å². The van der Waals surface area contributed by atoms with Gasteiger partial charge < -0.3 is 4.74 Å². The summed E-state index contributed by atoms with van der Waals surface area (Å²) >= 11 is 5.70. The maximum atomic E-state index is 11.4. The van der Waals surface area contributed by atoms with Crippen molar-refractivity contribution in [3.05, 3.63) is 29.0 Å². The fourth-order valence-corrected chi connectivity index (χ4v) is 0.992. The third kappa shape index (κ3) is 3.34. The van der Waals surface area contributed by atoms with Gasteiger partial charge in [0.05, 0.1) is 6.61 Å². The summed E-state index contributed by atoms with van der Waals surface area (Å²) in [4.78, 5) is 15.2. The van der Waals surface area contributed by atoms with E-state index in [1.165, 1.54) is 12.3 Å². The van der Waals surface area contributed by atoms with Crippen LogP contribution in [0, 0.1) is 5.92 Å². The van der Waals surface area contributed by atoms with Crippen LogP contribution in [0.2, 0.25) is 5.02 Å². The molecule has 0 saturated carbocycles. The predicted molar refractivity (Wildman–Crippen MR) is 54.4 cm³/mol. The molecule has 0 radical (unpaired) electrons. The molecule has 0 saturated heterocycles. The van der Waals surface area contributed by atoms with Crippen molar-refractivity contribution in [1.29, 1.82) is 0 Å². The van der Waals surface area contributed by atoms with Crippen LogP contribution < -0.4 is 0 Å². The number of nitrogens with zero attached hydrogens (tertiary/aromatic N) is 1. The van der Waals surface area contributed by atoms with Crippen molar-refractivity contribution >= 4 is 17.6 Å². The highest BCUT2D eigenvalue weighted by atomic mass is 35.5. The predicted octanol–water partition coefficient (Wildman–Crippen LogP) is 2.55. The van der Waals surface area contributed by atoms with Gasteiger partial charge in [-0.2, -0.15) is 0 Å². The number of pyridine rings is 1. The summed E-state index contributed by atoms with van der Waals surface area (Å²) in [6.07, 6.45) is 1.48. The number of carbonyl (C=O) groups is 1. The Morgan fingerprint density at radius 1 is 1.64 bits per heavy atom. The summed E-state index contributed by atoms with van der Waals surface area (Å²) in [5.74, 6) is -0.112. The molecule has 1 aromatic heterocycles. The first kappa shape index (κ1) is 11.0. The van der Waals surface area contributed by atoms with E-state index in [0.717, 1.165) is 0 Å². The number of halogens is 1. The maximum Gasteiger partial charge on any atom is 0.356 e. The van der Waals surface area contributed by atoms with Crippen molar-refractivity contribution in [1.82, 2.24) is 4.98 Å². The zero-order valence-electron chi connectivity index (χ0n) is 8.16. The summed E-state index contributed by atoms with van der Waals surface area (Å²) < 4.78 is 4.98. The quantitative estimate of drug-likeness (QED) is 0.725. The van der Waals surface area contributed by atoms with Crippen molar-refractivity contribution in [2.45, 2.75) is 13.8 Å². The van der Waals surface area contributed by atoms with Gasteiger partial charge in [0.1, 0.15) is 5.69 Å². The largest absolute Gasteiger partial charge is 0.461 e. The Balaban J connectivity index is 2.61. The van der Waals surface area contributed by atoms with Crippen LogP contribution in [0.15, 0.2) is 18.3 Å². The topological polar surface area (TPSA) is 39.2 Å². The molecular formula is C10H12ClNO2. The molecule has 0 fully saturated rings. The molecule has 0 aliphatic rings. The second-order valence-corrected chi connectivity index (χ2v) is 3.79. The number of aromatic nitrogens is 1. The molecule has 0 N–H and O–H groups in total. The molecule has 0 aromatic carbocycles. The Labute approximate surface area is 88.1 Å². The third-order valence-electron chi connectivity index (χ3n) is 1.48. The minimum absolute atomic E-state index is 0.248. The molecule has 14 heavy (non-hydrogen) atoms. The summed E-state index contributed by atoms with van der Waals surface area (Å²) in [6, 6.07) is 3.10. The van der Waals surface area contributed by atoms with Crippen molar-refractivity contribution < 1.29 is 9.53 Å². The Morgan fingerprint density at radius 3 is 2.93 bits per heavy atom. The van der Waals surface area contributed by atoms with E-state index in [2.05, 4.69) is 4.98 Å². The highest BCUT2D eigenvalue weighted by Crippen LogP contribution is 2.09. The van der Waals surface area contributed by atoms with E-state index >= 15 is 0 Å². The van der Waals surface area contributed by atoms with Crippen molar-refractivity contribution in [3.63, 3.8) is 0 Å².